The van der Waals surface area contributed by atoms with Crippen molar-refractivity contribution in [2.75, 3.05) is 17.7 Å². The van der Waals surface area contributed by atoms with Gasteiger partial charge >= 0.3 is 0 Å². The molecule has 2 rings (SSSR count). The van der Waals surface area contributed by atoms with Gasteiger partial charge in [0.05, 0.1) is 5.54 Å². The van der Waals surface area contributed by atoms with E-state index >= 15 is 0 Å². The molecule has 0 radical (unpaired) electrons. The van der Waals surface area contributed by atoms with Gasteiger partial charge in [-0.1, -0.05) is 0 Å². The van der Waals surface area contributed by atoms with Crippen molar-refractivity contribution < 1.29 is 0 Å². The Morgan fingerprint density at radius 3 is 2.71 bits per heavy atom. The van der Waals surface area contributed by atoms with Crippen molar-refractivity contribution in [3.63, 3.8) is 0 Å². The van der Waals surface area contributed by atoms with Gasteiger partial charge in [-0.25, -0.2) is 9.97 Å². The number of hydrogen-bond acceptors (Lipinski definition) is 6. The lowest BCUT2D eigenvalue weighted by Crippen LogP contribution is -2.28. The smallest absolute Gasteiger partial charge is 0.224 e. The van der Waals surface area contributed by atoms with Crippen molar-refractivity contribution >= 4 is 23.1 Å². The summed E-state index contributed by atoms with van der Waals surface area (Å²) in [6.45, 7) is 4.15. The molecule has 0 aliphatic carbocycles. The van der Waals surface area contributed by atoms with Crippen LogP contribution >= 0.6 is 11.3 Å². The van der Waals surface area contributed by atoms with Crippen LogP contribution in [0, 0.1) is 0 Å². The molecule has 0 aliphatic heterocycles. The van der Waals surface area contributed by atoms with E-state index in [4.69, 9.17) is 0 Å². The van der Waals surface area contributed by atoms with Crippen molar-refractivity contribution in [1.29, 1.82) is 0 Å². The number of anilines is 2. The first-order valence-electron chi connectivity index (χ1n) is 5.31. The molecule has 2 aromatic heterocycles. The van der Waals surface area contributed by atoms with Gasteiger partial charge in [0.2, 0.25) is 5.95 Å². The van der Waals surface area contributed by atoms with E-state index in [0.29, 0.717) is 5.95 Å². The van der Waals surface area contributed by atoms with Crippen LogP contribution in [0.5, 0.6) is 0 Å². The van der Waals surface area contributed by atoms with Gasteiger partial charge in [0, 0.05) is 24.8 Å². The minimum absolute atomic E-state index is 0.243. The lowest BCUT2D eigenvalue weighted by atomic mass is 10.1. The molecule has 0 unspecified atom stereocenters. The lowest BCUT2D eigenvalue weighted by molar-refractivity contribution is 0.601. The Bertz CT molecular complexity index is 480. The van der Waals surface area contributed by atoms with Gasteiger partial charge in [0.15, 0.2) is 0 Å². The van der Waals surface area contributed by atoms with E-state index in [1.54, 1.807) is 24.6 Å². The fraction of sp³-hybridized carbons (Fsp3) is 0.364. The number of aromatic nitrogens is 3. The van der Waals surface area contributed by atoms with Crippen LogP contribution in [0.3, 0.4) is 0 Å². The Balaban J connectivity index is 2.20. The van der Waals surface area contributed by atoms with Crippen LogP contribution in [0.15, 0.2) is 23.8 Å². The fourth-order valence-corrected chi connectivity index (χ4v) is 2.17. The van der Waals surface area contributed by atoms with Gasteiger partial charge in [-0.2, -0.15) is 4.98 Å². The SMILES string of the molecule is CNc1nccc(NC(C)(C)c2nccs2)n1. The summed E-state index contributed by atoms with van der Waals surface area (Å²) in [4.78, 5) is 12.7. The minimum Gasteiger partial charge on any atom is -0.359 e. The normalized spacial score (nSPS) is 11.2. The maximum atomic E-state index is 4.33. The van der Waals surface area contributed by atoms with E-state index in [1.165, 1.54) is 0 Å². The van der Waals surface area contributed by atoms with E-state index in [-0.39, 0.29) is 5.54 Å². The molecule has 2 N–H and O–H groups in total. The van der Waals surface area contributed by atoms with Crippen molar-refractivity contribution in [2.24, 2.45) is 0 Å². The Hall–Kier alpha value is -1.69. The monoisotopic (exact) mass is 249 g/mol. The largest absolute Gasteiger partial charge is 0.359 e. The second-order valence-corrected chi connectivity index (χ2v) is 5.00. The van der Waals surface area contributed by atoms with Crippen molar-refractivity contribution in [1.82, 2.24) is 15.0 Å². The third kappa shape index (κ3) is 2.71. The molecule has 0 spiro atoms. The van der Waals surface area contributed by atoms with Gasteiger partial charge in [-0.15, -0.1) is 11.3 Å². The van der Waals surface area contributed by atoms with Crippen molar-refractivity contribution in [3.05, 3.63) is 28.8 Å². The summed E-state index contributed by atoms with van der Waals surface area (Å²) in [7, 11) is 1.80. The zero-order valence-corrected chi connectivity index (χ0v) is 10.9. The first-order valence-corrected chi connectivity index (χ1v) is 6.19. The predicted molar refractivity (Wildman–Crippen MR) is 70.3 cm³/mol. The molecule has 5 nitrogen and oxygen atoms in total. The number of nitrogens with zero attached hydrogens (tertiary/aromatic N) is 3. The second-order valence-electron chi connectivity index (χ2n) is 4.10. The number of hydrogen-bond donors (Lipinski definition) is 2. The average molecular weight is 249 g/mol. The molecule has 0 amide bonds. The molecule has 0 atom stereocenters. The van der Waals surface area contributed by atoms with E-state index in [9.17, 15) is 0 Å². The Labute approximate surface area is 104 Å². The highest BCUT2D eigenvalue weighted by atomic mass is 32.1. The maximum absolute atomic E-state index is 4.33. The molecule has 90 valence electrons. The molecule has 0 fully saturated rings. The summed E-state index contributed by atoms with van der Waals surface area (Å²) in [6.07, 6.45) is 3.53. The summed E-state index contributed by atoms with van der Waals surface area (Å²) in [5, 5.41) is 9.26. The van der Waals surface area contributed by atoms with Gasteiger partial charge < -0.3 is 10.6 Å². The van der Waals surface area contributed by atoms with Gasteiger partial charge in [-0.05, 0) is 19.9 Å². The molecule has 17 heavy (non-hydrogen) atoms. The van der Waals surface area contributed by atoms with Gasteiger partial charge in [-0.3, -0.25) is 0 Å². The van der Waals surface area contributed by atoms with Crippen LogP contribution in [-0.2, 0) is 5.54 Å². The van der Waals surface area contributed by atoms with Crippen molar-refractivity contribution in [3.8, 4) is 0 Å². The zero-order chi connectivity index (χ0) is 12.3. The van der Waals surface area contributed by atoms with Crippen LogP contribution in [-0.4, -0.2) is 22.0 Å². The summed E-state index contributed by atoms with van der Waals surface area (Å²) >= 11 is 1.63. The highest BCUT2D eigenvalue weighted by molar-refractivity contribution is 7.09. The zero-order valence-electron chi connectivity index (χ0n) is 10.1. The highest BCUT2D eigenvalue weighted by Gasteiger charge is 2.23. The Morgan fingerprint density at radius 2 is 2.06 bits per heavy atom. The Kier molecular flexibility index (Phi) is 3.23. The predicted octanol–water partition coefficient (Wildman–Crippen LogP) is 2.32. The van der Waals surface area contributed by atoms with Gasteiger partial charge in [0.1, 0.15) is 10.8 Å². The van der Waals surface area contributed by atoms with Crippen LogP contribution < -0.4 is 10.6 Å². The summed E-state index contributed by atoms with van der Waals surface area (Å²) in [5.41, 5.74) is -0.243. The van der Waals surface area contributed by atoms with Crippen molar-refractivity contribution in [2.45, 2.75) is 19.4 Å². The average Bonchev–Trinajstić information content (AvgIpc) is 2.83. The van der Waals surface area contributed by atoms with E-state index in [0.717, 1.165) is 10.8 Å². The highest BCUT2D eigenvalue weighted by Crippen LogP contribution is 2.26. The maximum Gasteiger partial charge on any atom is 0.224 e. The number of rotatable bonds is 4. The van der Waals surface area contributed by atoms with E-state index in [2.05, 4.69) is 39.4 Å². The molecule has 2 heterocycles. The molecular weight excluding hydrogens is 234 g/mol. The molecule has 0 aliphatic rings. The second kappa shape index (κ2) is 4.67. The molecular formula is C11H15N5S. The third-order valence-corrected chi connectivity index (χ3v) is 3.38. The summed E-state index contributed by atoms with van der Waals surface area (Å²) < 4.78 is 0. The number of nitrogens with one attached hydrogen (secondary N) is 2. The first kappa shape index (κ1) is 11.8. The first-order chi connectivity index (χ1) is 8.12. The molecule has 0 saturated carbocycles. The minimum atomic E-state index is -0.243. The third-order valence-electron chi connectivity index (χ3n) is 2.29. The standard InChI is InChI=1S/C11H15N5S/c1-11(2,9-13-6-7-17-9)16-8-4-5-14-10(12-3)15-8/h4-7H,1-3H3,(H2,12,14,15,16). The summed E-state index contributed by atoms with van der Waals surface area (Å²) in [5.74, 6) is 1.38. The summed E-state index contributed by atoms with van der Waals surface area (Å²) in [6, 6.07) is 1.84. The Morgan fingerprint density at radius 1 is 1.24 bits per heavy atom. The molecule has 0 aromatic carbocycles. The molecule has 0 saturated heterocycles. The lowest BCUT2D eigenvalue weighted by Gasteiger charge is -2.24. The van der Waals surface area contributed by atoms with Crippen LogP contribution in [0.25, 0.3) is 0 Å². The van der Waals surface area contributed by atoms with Crippen LogP contribution in [0.2, 0.25) is 0 Å². The van der Waals surface area contributed by atoms with Crippen LogP contribution in [0.4, 0.5) is 11.8 Å². The van der Waals surface area contributed by atoms with E-state index in [1.807, 2.05) is 17.6 Å². The molecule has 6 heteroatoms. The fourth-order valence-electron chi connectivity index (χ4n) is 1.45. The molecule has 0 bridgehead atoms. The van der Waals surface area contributed by atoms with Gasteiger partial charge in [0.25, 0.3) is 0 Å². The van der Waals surface area contributed by atoms with Crippen LogP contribution in [0.1, 0.15) is 18.9 Å². The molecule has 2 aromatic rings. The number of thiazole rings is 1. The quantitative estimate of drug-likeness (QED) is 0.870. The topological polar surface area (TPSA) is 62.7 Å². The van der Waals surface area contributed by atoms with E-state index < -0.39 is 0 Å².